The van der Waals surface area contributed by atoms with Gasteiger partial charge in [-0.05, 0) is 37.3 Å². The second-order valence-corrected chi connectivity index (χ2v) is 7.47. The highest BCUT2D eigenvalue weighted by Gasteiger charge is 2.21. The lowest BCUT2D eigenvalue weighted by Gasteiger charge is -2.12. The Labute approximate surface area is 149 Å². The molecule has 24 heavy (non-hydrogen) atoms. The molecular formula is C18H15BrO4S. The van der Waals surface area contributed by atoms with E-state index in [-0.39, 0.29) is 10.6 Å². The largest absolute Gasteiger partial charge is 0.493 e. The van der Waals surface area contributed by atoms with Gasteiger partial charge in [-0.3, -0.25) is 0 Å². The van der Waals surface area contributed by atoms with Crippen molar-refractivity contribution in [3.63, 3.8) is 0 Å². The normalized spacial score (nSPS) is 11.4. The number of benzene rings is 3. The van der Waals surface area contributed by atoms with Crippen LogP contribution in [-0.4, -0.2) is 15.0 Å². The number of fused-ring (bicyclic) bond motifs is 1. The lowest BCUT2D eigenvalue weighted by molar-refractivity contribution is 0.344. The van der Waals surface area contributed by atoms with Crippen molar-refractivity contribution in [1.29, 1.82) is 0 Å². The molecule has 0 heterocycles. The molecule has 124 valence electrons. The molecular weight excluding hydrogens is 392 g/mol. The average molecular weight is 407 g/mol. The van der Waals surface area contributed by atoms with E-state index >= 15 is 0 Å². The number of rotatable bonds is 5. The van der Waals surface area contributed by atoms with Crippen LogP contribution in [0.4, 0.5) is 0 Å². The van der Waals surface area contributed by atoms with Gasteiger partial charge in [0.05, 0.1) is 6.61 Å². The van der Waals surface area contributed by atoms with Gasteiger partial charge in [0.25, 0.3) is 0 Å². The molecule has 0 N–H and O–H groups in total. The van der Waals surface area contributed by atoms with Crippen molar-refractivity contribution in [3.8, 4) is 11.5 Å². The first-order valence-corrected chi connectivity index (χ1v) is 9.56. The predicted octanol–water partition coefficient (Wildman–Crippen LogP) is 4.77. The SMILES string of the molecule is CCOc1ccc(S(=O)(=O)Oc2cccc(Br)c2)c2ccccc12. The van der Waals surface area contributed by atoms with E-state index in [1.807, 2.05) is 19.1 Å². The van der Waals surface area contributed by atoms with Gasteiger partial charge in [0, 0.05) is 15.2 Å². The van der Waals surface area contributed by atoms with Crippen LogP contribution in [-0.2, 0) is 10.1 Å². The molecule has 0 radical (unpaired) electrons. The molecule has 0 amide bonds. The standard InChI is InChI=1S/C18H15BrO4S/c1-2-22-17-10-11-18(16-9-4-3-8-15(16)17)24(20,21)23-14-7-5-6-13(19)12-14/h3-12H,2H2,1H3. The van der Waals surface area contributed by atoms with Gasteiger partial charge in [-0.25, -0.2) is 0 Å². The van der Waals surface area contributed by atoms with Crippen LogP contribution in [0, 0.1) is 0 Å². The summed E-state index contributed by atoms with van der Waals surface area (Å²) in [7, 11) is -3.96. The number of hydrogen-bond donors (Lipinski definition) is 0. The molecule has 0 aromatic heterocycles. The second kappa shape index (κ2) is 6.83. The predicted molar refractivity (Wildman–Crippen MR) is 97.1 cm³/mol. The van der Waals surface area contributed by atoms with Gasteiger partial charge in [-0.15, -0.1) is 0 Å². The van der Waals surface area contributed by atoms with Crippen LogP contribution in [0.3, 0.4) is 0 Å². The monoisotopic (exact) mass is 406 g/mol. The first-order valence-electron chi connectivity index (χ1n) is 7.36. The summed E-state index contributed by atoms with van der Waals surface area (Å²) in [4.78, 5) is 0.113. The summed E-state index contributed by atoms with van der Waals surface area (Å²) in [6.07, 6.45) is 0. The van der Waals surface area contributed by atoms with Crippen molar-refractivity contribution in [2.45, 2.75) is 11.8 Å². The zero-order chi connectivity index (χ0) is 17.2. The molecule has 0 bridgehead atoms. The number of ether oxygens (including phenoxy) is 1. The fourth-order valence-corrected chi connectivity index (χ4v) is 3.94. The quantitative estimate of drug-likeness (QED) is 0.572. The number of hydrogen-bond acceptors (Lipinski definition) is 4. The van der Waals surface area contributed by atoms with Gasteiger partial charge >= 0.3 is 10.1 Å². The van der Waals surface area contributed by atoms with E-state index in [2.05, 4.69) is 15.9 Å². The van der Waals surface area contributed by atoms with E-state index in [1.165, 1.54) is 6.07 Å². The highest BCUT2D eigenvalue weighted by Crippen LogP contribution is 2.32. The summed E-state index contributed by atoms with van der Waals surface area (Å²) >= 11 is 3.30. The van der Waals surface area contributed by atoms with Crippen molar-refractivity contribution in [2.24, 2.45) is 0 Å². The smallest absolute Gasteiger partial charge is 0.339 e. The molecule has 4 nitrogen and oxygen atoms in total. The van der Waals surface area contributed by atoms with Gasteiger partial charge < -0.3 is 8.92 Å². The third-order valence-electron chi connectivity index (χ3n) is 3.42. The van der Waals surface area contributed by atoms with Crippen molar-refractivity contribution in [1.82, 2.24) is 0 Å². The average Bonchev–Trinajstić information content (AvgIpc) is 2.55. The Bertz CT molecular complexity index is 983. The van der Waals surface area contributed by atoms with E-state index in [1.54, 1.807) is 42.5 Å². The molecule has 0 saturated carbocycles. The molecule has 0 saturated heterocycles. The first-order chi connectivity index (χ1) is 11.5. The Hall–Kier alpha value is -2.05. The minimum absolute atomic E-state index is 0.113. The summed E-state index contributed by atoms with van der Waals surface area (Å²) in [6.45, 7) is 2.39. The summed E-state index contributed by atoms with van der Waals surface area (Å²) in [5.41, 5.74) is 0. The molecule has 0 aliphatic rings. The van der Waals surface area contributed by atoms with Crippen LogP contribution in [0.1, 0.15) is 6.92 Å². The van der Waals surface area contributed by atoms with E-state index in [9.17, 15) is 8.42 Å². The minimum atomic E-state index is -3.96. The lowest BCUT2D eigenvalue weighted by Crippen LogP contribution is -2.10. The molecule has 0 atom stereocenters. The Kier molecular flexibility index (Phi) is 4.78. The second-order valence-electron chi connectivity index (χ2n) is 5.04. The molecule has 0 fully saturated rings. The van der Waals surface area contributed by atoms with Crippen molar-refractivity contribution < 1.29 is 17.3 Å². The molecule has 3 aromatic carbocycles. The van der Waals surface area contributed by atoms with E-state index in [0.717, 1.165) is 9.86 Å². The fourth-order valence-electron chi connectivity index (χ4n) is 2.43. The minimum Gasteiger partial charge on any atom is -0.493 e. The Morgan fingerprint density at radius 2 is 1.71 bits per heavy atom. The van der Waals surface area contributed by atoms with Crippen LogP contribution in [0.2, 0.25) is 0 Å². The van der Waals surface area contributed by atoms with E-state index < -0.39 is 10.1 Å². The fraction of sp³-hybridized carbons (Fsp3) is 0.111. The number of halogens is 1. The maximum atomic E-state index is 12.7. The van der Waals surface area contributed by atoms with Crippen LogP contribution < -0.4 is 8.92 Å². The van der Waals surface area contributed by atoms with Crippen LogP contribution >= 0.6 is 15.9 Å². The highest BCUT2D eigenvalue weighted by molar-refractivity contribution is 9.10. The third kappa shape index (κ3) is 3.39. The molecule has 0 spiro atoms. The van der Waals surface area contributed by atoms with Gasteiger partial charge in [0.1, 0.15) is 16.4 Å². The maximum absolute atomic E-state index is 12.7. The van der Waals surface area contributed by atoms with Crippen LogP contribution in [0.5, 0.6) is 11.5 Å². The summed E-state index contributed by atoms with van der Waals surface area (Å²) < 4.78 is 37.0. The van der Waals surface area contributed by atoms with Crippen molar-refractivity contribution in [2.75, 3.05) is 6.61 Å². The highest BCUT2D eigenvalue weighted by atomic mass is 79.9. The Morgan fingerprint density at radius 1 is 0.958 bits per heavy atom. The van der Waals surface area contributed by atoms with Gasteiger partial charge in [-0.1, -0.05) is 46.3 Å². The topological polar surface area (TPSA) is 52.6 Å². The summed E-state index contributed by atoms with van der Waals surface area (Å²) in [5, 5.41) is 1.30. The van der Waals surface area contributed by atoms with Crippen LogP contribution in [0.15, 0.2) is 70.0 Å². The Balaban J connectivity index is 2.10. The van der Waals surface area contributed by atoms with Gasteiger partial charge in [0.2, 0.25) is 0 Å². The van der Waals surface area contributed by atoms with Gasteiger partial charge in [-0.2, -0.15) is 8.42 Å². The van der Waals surface area contributed by atoms with Crippen molar-refractivity contribution >= 4 is 36.8 Å². The summed E-state index contributed by atoms with van der Waals surface area (Å²) in [6, 6.07) is 17.1. The molecule has 3 aromatic rings. The van der Waals surface area contributed by atoms with Crippen LogP contribution in [0.25, 0.3) is 10.8 Å². The molecule has 6 heteroatoms. The third-order valence-corrected chi connectivity index (χ3v) is 5.22. The first kappa shape index (κ1) is 16.8. The molecule has 0 aliphatic carbocycles. The van der Waals surface area contributed by atoms with E-state index in [4.69, 9.17) is 8.92 Å². The summed E-state index contributed by atoms with van der Waals surface area (Å²) in [5.74, 6) is 0.900. The zero-order valence-corrected chi connectivity index (χ0v) is 15.3. The molecule has 3 rings (SSSR count). The molecule has 0 unspecified atom stereocenters. The maximum Gasteiger partial charge on any atom is 0.339 e. The molecule has 0 aliphatic heterocycles. The Morgan fingerprint density at radius 3 is 2.42 bits per heavy atom. The van der Waals surface area contributed by atoms with Crippen molar-refractivity contribution in [3.05, 3.63) is 65.1 Å². The van der Waals surface area contributed by atoms with Gasteiger partial charge in [0.15, 0.2) is 0 Å². The lowest BCUT2D eigenvalue weighted by atomic mass is 10.1. The zero-order valence-electron chi connectivity index (χ0n) is 12.9. The van der Waals surface area contributed by atoms with E-state index in [0.29, 0.717) is 17.7 Å².